The molecule has 0 spiro atoms. The molecule has 4 aromatic rings. The number of hydrogen-bond donors (Lipinski definition) is 0. The summed E-state index contributed by atoms with van der Waals surface area (Å²) in [5.74, 6) is 2.09. The number of carbonyl (C=O) groups excluding carboxylic acids is 1. The molecule has 1 amide bonds. The Hall–Kier alpha value is -3.86. The molecule has 1 aromatic heterocycles. The number of amides is 1. The van der Waals surface area contributed by atoms with Crippen LogP contribution in [0, 0.1) is 0 Å². The minimum atomic E-state index is 0.0568. The molecule has 162 valence electrons. The molecule has 3 aromatic carbocycles. The molecule has 0 unspecified atom stereocenters. The molecule has 0 fully saturated rings. The predicted molar refractivity (Wildman–Crippen MR) is 125 cm³/mol. The highest BCUT2D eigenvalue weighted by molar-refractivity contribution is 5.76. The Morgan fingerprint density at radius 3 is 2.25 bits per heavy atom. The maximum Gasteiger partial charge on any atom is 0.223 e. The van der Waals surface area contributed by atoms with Gasteiger partial charge in [-0.05, 0) is 41.0 Å². The lowest BCUT2D eigenvalue weighted by Crippen LogP contribution is -2.26. The maximum atomic E-state index is 12.6. The number of hydrogen-bond acceptors (Lipinski definition) is 4. The first-order chi connectivity index (χ1) is 15.6. The number of methoxy groups -OCH3 is 1. The van der Waals surface area contributed by atoms with Crippen molar-refractivity contribution in [2.45, 2.75) is 19.4 Å². The van der Waals surface area contributed by atoms with Crippen molar-refractivity contribution in [3.05, 3.63) is 96.5 Å². The van der Waals surface area contributed by atoms with Crippen molar-refractivity contribution in [1.82, 2.24) is 9.88 Å². The monoisotopic (exact) mass is 426 g/mol. The summed E-state index contributed by atoms with van der Waals surface area (Å²) in [6.45, 7) is 0.566. The molecule has 0 saturated carbocycles. The van der Waals surface area contributed by atoms with Gasteiger partial charge < -0.3 is 14.1 Å². The fourth-order valence-electron chi connectivity index (χ4n) is 3.51. The number of benzene rings is 3. The molecule has 0 aliphatic carbocycles. The molecular formula is C27H26N2O3. The molecule has 4 rings (SSSR count). The first-order valence-electron chi connectivity index (χ1n) is 10.6. The highest BCUT2D eigenvalue weighted by atomic mass is 16.5. The Morgan fingerprint density at radius 2 is 1.56 bits per heavy atom. The summed E-state index contributed by atoms with van der Waals surface area (Å²) in [6.07, 6.45) is 2.51. The smallest absolute Gasteiger partial charge is 0.223 e. The van der Waals surface area contributed by atoms with E-state index in [1.807, 2.05) is 49.5 Å². The first kappa shape index (κ1) is 21.4. The quantitative estimate of drug-likeness (QED) is 0.368. The molecule has 5 nitrogen and oxygen atoms in total. The van der Waals surface area contributed by atoms with Crippen LogP contribution in [0.3, 0.4) is 0 Å². The Kier molecular flexibility index (Phi) is 6.66. The standard InChI is InChI=1S/C27H26N2O3/c1-29(19-20-8-10-22(11-9-20)21-6-4-3-5-7-21)27(30)17-16-26-28-18-25(32-26)23-12-14-24(31-2)15-13-23/h3-15,18H,16-17,19H2,1-2H3. The van der Waals surface area contributed by atoms with E-state index >= 15 is 0 Å². The normalized spacial score (nSPS) is 10.7. The van der Waals surface area contributed by atoms with Crippen LogP contribution < -0.4 is 4.74 Å². The van der Waals surface area contributed by atoms with Gasteiger partial charge in [-0.15, -0.1) is 0 Å². The fraction of sp³-hybridized carbons (Fsp3) is 0.185. The molecule has 5 heteroatoms. The van der Waals surface area contributed by atoms with Crippen molar-refractivity contribution in [3.8, 4) is 28.2 Å². The van der Waals surface area contributed by atoms with Gasteiger partial charge in [0.15, 0.2) is 11.7 Å². The molecule has 32 heavy (non-hydrogen) atoms. The first-order valence-corrected chi connectivity index (χ1v) is 10.6. The molecule has 1 heterocycles. The van der Waals surface area contributed by atoms with Crippen molar-refractivity contribution in [1.29, 1.82) is 0 Å². The number of carbonyl (C=O) groups is 1. The van der Waals surface area contributed by atoms with Crippen LogP contribution in [0.15, 0.2) is 89.5 Å². The average molecular weight is 427 g/mol. The van der Waals surface area contributed by atoms with E-state index in [2.05, 4.69) is 41.4 Å². The maximum absolute atomic E-state index is 12.6. The van der Waals surface area contributed by atoms with Crippen molar-refractivity contribution in [2.24, 2.45) is 0 Å². The minimum Gasteiger partial charge on any atom is -0.497 e. The number of ether oxygens (including phenoxy) is 1. The van der Waals surface area contributed by atoms with Gasteiger partial charge in [-0.25, -0.2) is 4.98 Å². The zero-order valence-corrected chi connectivity index (χ0v) is 18.3. The molecule has 0 aliphatic heterocycles. The van der Waals surface area contributed by atoms with Gasteiger partial charge >= 0.3 is 0 Å². The number of rotatable bonds is 8. The molecule has 0 radical (unpaired) electrons. The van der Waals surface area contributed by atoms with Gasteiger partial charge in [0, 0.05) is 32.0 Å². The van der Waals surface area contributed by atoms with Crippen LogP contribution in [0.1, 0.15) is 17.9 Å². The topological polar surface area (TPSA) is 55.6 Å². The zero-order valence-electron chi connectivity index (χ0n) is 18.3. The third kappa shape index (κ3) is 5.24. The SMILES string of the molecule is COc1ccc(-c2cnc(CCC(=O)N(C)Cc3ccc(-c4ccccc4)cc3)o2)cc1. The Bertz CT molecular complexity index is 1150. The summed E-state index contributed by atoms with van der Waals surface area (Å²) < 4.78 is 11.0. The highest BCUT2D eigenvalue weighted by Crippen LogP contribution is 2.24. The summed E-state index contributed by atoms with van der Waals surface area (Å²) in [5, 5.41) is 0. The van der Waals surface area contributed by atoms with Crippen LogP contribution in [0.25, 0.3) is 22.5 Å². The predicted octanol–water partition coefficient (Wildman–Crippen LogP) is 5.61. The van der Waals surface area contributed by atoms with Gasteiger partial charge in [-0.3, -0.25) is 4.79 Å². The number of nitrogens with zero attached hydrogens (tertiary/aromatic N) is 2. The summed E-state index contributed by atoms with van der Waals surface area (Å²) in [7, 11) is 3.46. The zero-order chi connectivity index (χ0) is 22.3. The highest BCUT2D eigenvalue weighted by Gasteiger charge is 2.13. The second kappa shape index (κ2) is 9.96. The van der Waals surface area contributed by atoms with Crippen LogP contribution in [0.5, 0.6) is 5.75 Å². The third-order valence-electron chi connectivity index (χ3n) is 5.39. The molecule has 0 atom stereocenters. The van der Waals surface area contributed by atoms with Crippen LogP contribution in [0.4, 0.5) is 0 Å². The lowest BCUT2D eigenvalue weighted by atomic mass is 10.0. The lowest BCUT2D eigenvalue weighted by Gasteiger charge is -2.17. The van der Waals surface area contributed by atoms with Crippen molar-refractivity contribution in [3.63, 3.8) is 0 Å². The van der Waals surface area contributed by atoms with Crippen molar-refractivity contribution < 1.29 is 13.9 Å². The minimum absolute atomic E-state index is 0.0568. The van der Waals surface area contributed by atoms with Gasteiger partial charge in [-0.1, -0.05) is 54.6 Å². The van der Waals surface area contributed by atoms with Crippen molar-refractivity contribution >= 4 is 5.91 Å². The van der Waals surface area contributed by atoms with E-state index in [1.54, 1.807) is 18.2 Å². The van der Waals surface area contributed by atoms with Gasteiger partial charge in [0.1, 0.15) is 5.75 Å². The second-order valence-corrected chi connectivity index (χ2v) is 7.66. The second-order valence-electron chi connectivity index (χ2n) is 7.66. The van der Waals surface area contributed by atoms with E-state index < -0.39 is 0 Å². The van der Waals surface area contributed by atoms with Crippen LogP contribution in [-0.4, -0.2) is 29.9 Å². The largest absolute Gasteiger partial charge is 0.497 e. The van der Waals surface area contributed by atoms with E-state index in [9.17, 15) is 4.79 Å². The van der Waals surface area contributed by atoms with Gasteiger partial charge in [0.05, 0.1) is 13.3 Å². The molecule has 0 bridgehead atoms. The van der Waals surface area contributed by atoms with E-state index in [-0.39, 0.29) is 5.91 Å². The number of aryl methyl sites for hydroxylation is 1. The number of aromatic nitrogens is 1. The lowest BCUT2D eigenvalue weighted by molar-refractivity contribution is -0.130. The van der Waals surface area contributed by atoms with Crippen LogP contribution in [-0.2, 0) is 17.8 Å². The van der Waals surface area contributed by atoms with Gasteiger partial charge in [0.2, 0.25) is 5.91 Å². The van der Waals surface area contributed by atoms with Crippen molar-refractivity contribution in [2.75, 3.05) is 14.2 Å². The summed E-state index contributed by atoms with van der Waals surface area (Å²) in [5.41, 5.74) is 4.37. The third-order valence-corrected chi connectivity index (χ3v) is 5.39. The Morgan fingerprint density at radius 1 is 0.906 bits per heavy atom. The summed E-state index contributed by atoms with van der Waals surface area (Å²) >= 11 is 0. The van der Waals surface area contributed by atoms with Crippen LogP contribution >= 0.6 is 0 Å². The van der Waals surface area contributed by atoms with Crippen LogP contribution in [0.2, 0.25) is 0 Å². The number of oxazole rings is 1. The van der Waals surface area contributed by atoms with E-state index in [1.165, 1.54) is 11.1 Å². The molecule has 0 N–H and O–H groups in total. The average Bonchev–Trinajstić information content (AvgIpc) is 3.32. The Balaban J connectivity index is 1.30. The molecular weight excluding hydrogens is 400 g/mol. The fourth-order valence-corrected chi connectivity index (χ4v) is 3.51. The molecule has 0 aliphatic rings. The summed E-state index contributed by atoms with van der Waals surface area (Å²) in [6, 6.07) is 26.2. The molecule has 0 saturated heterocycles. The Labute approximate surface area is 188 Å². The summed E-state index contributed by atoms with van der Waals surface area (Å²) in [4.78, 5) is 18.7. The van der Waals surface area contributed by atoms with E-state index in [0.29, 0.717) is 31.0 Å². The van der Waals surface area contributed by atoms with Gasteiger partial charge in [0.25, 0.3) is 0 Å². The van der Waals surface area contributed by atoms with E-state index in [0.717, 1.165) is 16.9 Å². The van der Waals surface area contributed by atoms with Gasteiger partial charge in [-0.2, -0.15) is 0 Å². The van der Waals surface area contributed by atoms with E-state index in [4.69, 9.17) is 9.15 Å².